The van der Waals surface area contributed by atoms with Gasteiger partial charge in [-0.2, -0.15) is 0 Å². The van der Waals surface area contributed by atoms with Crippen LogP contribution in [0, 0.1) is 18.3 Å². The van der Waals surface area contributed by atoms with Crippen molar-refractivity contribution in [2.24, 2.45) is 11.7 Å². The predicted molar refractivity (Wildman–Crippen MR) is 78.6 cm³/mol. The van der Waals surface area contributed by atoms with E-state index in [-0.39, 0.29) is 30.4 Å². The Bertz CT molecular complexity index is 560. The zero-order chi connectivity index (χ0) is 15.2. The predicted octanol–water partition coefficient (Wildman–Crippen LogP) is 1.08. The lowest BCUT2D eigenvalue weighted by atomic mass is 10.0. The summed E-state index contributed by atoms with van der Waals surface area (Å²) in [5, 5.41) is 2.88. The largest absolute Gasteiger partial charge is 0.481 e. The van der Waals surface area contributed by atoms with Crippen molar-refractivity contribution < 1.29 is 14.3 Å². The van der Waals surface area contributed by atoms with Gasteiger partial charge in [0.1, 0.15) is 12.4 Å². The summed E-state index contributed by atoms with van der Waals surface area (Å²) >= 11 is 0. The molecule has 5 nitrogen and oxygen atoms in total. The average molecular weight is 286 g/mol. The first kappa shape index (κ1) is 14.9. The van der Waals surface area contributed by atoms with Crippen LogP contribution in [-0.4, -0.2) is 24.5 Å². The molecule has 0 unspecified atom stereocenters. The van der Waals surface area contributed by atoms with E-state index in [1.807, 2.05) is 0 Å². The number of hydrogen-bond donors (Lipinski definition) is 2. The average Bonchev–Trinajstić information content (AvgIpc) is 2.94. The molecule has 0 bridgehead atoms. The molecule has 1 aromatic carbocycles. The smallest absolute Gasteiger partial charge is 0.251 e. The number of hydrogen-bond acceptors (Lipinski definition) is 3. The molecular weight excluding hydrogens is 268 g/mol. The number of benzene rings is 1. The Morgan fingerprint density at radius 1 is 1.33 bits per heavy atom. The fourth-order valence-electron chi connectivity index (χ4n) is 2.55. The molecule has 1 saturated carbocycles. The van der Waals surface area contributed by atoms with E-state index in [4.69, 9.17) is 16.9 Å². The van der Waals surface area contributed by atoms with E-state index in [2.05, 4.69) is 11.2 Å². The topological polar surface area (TPSA) is 81.4 Å². The normalized spacial score (nSPS) is 20.5. The van der Waals surface area contributed by atoms with Crippen LogP contribution >= 0.6 is 0 Å². The van der Waals surface area contributed by atoms with Crippen LogP contribution in [-0.2, 0) is 4.79 Å². The van der Waals surface area contributed by atoms with Crippen LogP contribution in [0.2, 0.25) is 0 Å². The van der Waals surface area contributed by atoms with Gasteiger partial charge < -0.3 is 15.8 Å². The van der Waals surface area contributed by atoms with E-state index >= 15 is 0 Å². The van der Waals surface area contributed by atoms with E-state index in [1.165, 1.54) is 0 Å². The highest BCUT2D eigenvalue weighted by atomic mass is 16.5. The zero-order valence-electron chi connectivity index (χ0n) is 11.7. The molecule has 1 aliphatic carbocycles. The number of rotatable bonds is 5. The first-order valence-corrected chi connectivity index (χ1v) is 6.88. The van der Waals surface area contributed by atoms with Gasteiger partial charge in [-0.1, -0.05) is 12.3 Å². The molecule has 5 heteroatoms. The number of terminal acetylenes is 1. The van der Waals surface area contributed by atoms with Crippen molar-refractivity contribution in [3.8, 4) is 18.1 Å². The lowest BCUT2D eigenvalue weighted by molar-refractivity contribution is -0.122. The fourth-order valence-corrected chi connectivity index (χ4v) is 2.55. The molecule has 2 amide bonds. The number of nitrogens with one attached hydrogen (secondary N) is 1. The summed E-state index contributed by atoms with van der Waals surface area (Å²) in [5.74, 6) is 2.15. The van der Waals surface area contributed by atoms with Crippen molar-refractivity contribution in [2.75, 3.05) is 6.61 Å². The van der Waals surface area contributed by atoms with Crippen LogP contribution in [0.1, 0.15) is 29.6 Å². The summed E-state index contributed by atoms with van der Waals surface area (Å²) in [7, 11) is 0. The molecule has 1 aromatic rings. The number of carbonyl (C=O) groups is 2. The maximum Gasteiger partial charge on any atom is 0.251 e. The third-order valence-electron chi connectivity index (χ3n) is 3.64. The Kier molecular flexibility index (Phi) is 4.83. The van der Waals surface area contributed by atoms with Crippen LogP contribution in [0.25, 0.3) is 0 Å². The van der Waals surface area contributed by atoms with Crippen LogP contribution in [0.15, 0.2) is 24.3 Å². The molecule has 21 heavy (non-hydrogen) atoms. The Labute approximate surface area is 123 Å². The van der Waals surface area contributed by atoms with E-state index in [9.17, 15) is 9.59 Å². The van der Waals surface area contributed by atoms with E-state index in [0.29, 0.717) is 11.3 Å². The van der Waals surface area contributed by atoms with Gasteiger partial charge in [0.05, 0.1) is 5.92 Å². The maximum atomic E-state index is 12.2. The van der Waals surface area contributed by atoms with Crippen molar-refractivity contribution in [2.45, 2.75) is 25.3 Å². The second-order valence-electron chi connectivity index (χ2n) is 5.04. The van der Waals surface area contributed by atoms with E-state index < -0.39 is 0 Å². The molecule has 0 saturated heterocycles. The van der Waals surface area contributed by atoms with Gasteiger partial charge in [0.15, 0.2) is 0 Å². The molecule has 2 atom stereocenters. The third-order valence-corrected chi connectivity index (χ3v) is 3.64. The lowest BCUT2D eigenvalue weighted by Crippen LogP contribution is -2.42. The van der Waals surface area contributed by atoms with Gasteiger partial charge in [0, 0.05) is 11.6 Å². The highest BCUT2D eigenvalue weighted by molar-refractivity contribution is 5.95. The Morgan fingerprint density at radius 2 is 2.05 bits per heavy atom. The third kappa shape index (κ3) is 3.76. The minimum absolute atomic E-state index is 0.174. The Morgan fingerprint density at radius 3 is 2.67 bits per heavy atom. The molecule has 0 aromatic heterocycles. The molecular formula is C16H18N2O3. The Hall–Kier alpha value is -2.48. The molecule has 1 aliphatic rings. The van der Waals surface area contributed by atoms with Gasteiger partial charge in [-0.05, 0) is 37.1 Å². The molecule has 2 rings (SSSR count). The maximum absolute atomic E-state index is 12.2. The number of nitrogens with two attached hydrogens (primary N) is 1. The molecule has 1 fully saturated rings. The molecule has 3 N–H and O–H groups in total. The summed E-state index contributed by atoms with van der Waals surface area (Å²) in [6.45, 7) is 0.188. The van der Waals surface area contributed by atoms with Crippen LogP contribution in [0.5, 0.6) is 5.75 Å². The molecule has 0 radical (unpaired) electrons. The number of ether oxygens (including phenoxy) is 1. The number of carbonyl (C=O) groups excluding carboxylic acids is 2. The summed E-state index contributed by atoms with van der Waals surface area (Å²) < 4.78 is 5.24. The minimum atomic E-state index is -0.351. The van der Waals surface area contributed by atoms with E-state index in [1.54, 1.807) is 24.3 Å². The number of amides is 2. The van der Waals surface area contributed by atoms with Gasteiger partial charge in [0.2, 0.25) is 5.91 Å². The second-order valence-corrected chi connectivity index (χ2v) is 5.04. The van der Waals surface area contributed by atoms with Crippen molar-refractivity contribution in [1.29, 1.82) is 0 Å². The minimum Gasteiger partial charge on any atom is -0.481 e. The summed E-state index contributed by atoms with van der Waals surface area (Å²) in [5.41, 5.74) is 5.86. The fraction of sp³-hybridized carbons (Fsp3) is 0.375. The highest BCUT2D eigenvalue weighted by Crippen LogP contribution is 2.25. The summed E-state index contributed by atoms with van der Waals surface area (Å²) in [6, 6.07) is 6.52. The molecule has 0 aliphatic heterocycles. The van der Waals surface area contributed by atoms with E-state index in [0.717, 1.165) is 19.3 Å². The SMILES string of the molecule is C#CCOc1ccc(C(=O)N[C@@H]2CCC[C@@H]2C(N)=O)cc1. The zero-order valence-corrected chi connectivity index (χ0v) is 11.7. The molecule has 110 valence electrons. The summed E-state index contributed by atoms with van der Waals surface area (Å²) in [6.07, 6.45) is 7.52. The van der Waals surface area contributed by atoms with Gasteiger partial charge in [-0.3, -0.25) is 9.59 Å². The first-order chi connectivity index (χ1) is 10.1. The van der Waals surface area contributed by atoms with Crippen LogP contribution in [0.3, 0.4) is 0 Å². The summed E-state index contributed by atoms with van der Waals surface area (Å²) in [4.78, 5) is 23.5. The van der Waals surface area contributed by atoms with Crippen molar-refractivity contribution in [1.82, 2.24) is 5.32 Å². The molecule has 0 heterocycles. The quantitative estimate of drug-likeness (QED) is 0.795. The van der Waals surface area contributed by atoms with Gasteiger partial charge in [-0.25, -0.2) is 0 Å². The van der Waals surface area contributed by atoms with Crippen molar-refractivity contribution in [3.63, 3.8) is 0 Å². The standard InChI is InChI=1S/C16H18N2O3/c1-2-10-21-12-8-6-11(7-9-12)16(20)18-14-5-3-4-13(14)15(17)19/h1,6-9,13-14H,3-5,10H2,(H2,17,19)(H,18,20)/t13-,14+/m0/s1. The van der Waals surface area contributed by atoms with Crippen LogP contribution in [0.4, 0.5) is 0 Å². The monoisotopic (exact) mass is 286 g/mol. The Balaban J connectivity index is 1.97. The highest BCUT2D eigenvalue weighted by Gasteiger charge is 2.32. The van der Waals surface area contributed by atoms with Gasteiger partial charge in [-0.15, -0.1) is 6.42 Å². The number of primary amides is 1. The van der Waals surface area contributed by atoms with Crippen molar-refractivity contribution in [3.05, 3.63) is 29.8 Å². The molecule has 0 spiro atoms. The van der Waals surface area contributed by atoms with Crippen LogP contribution < -0.4 is 15.8 Å². The van der Waals surface area contributed by atoms with Gasteiger partial charge >= 0.3 is 0 Å². The van der Waals surface area contributed by atoms with Gasteiger partial charge in [0.25, 0.3) is 5.91 Å². The second kappa shape index (κ2) is 6.80. The lowest BCUT2D eigenvalue weighted by Gasteiger charge is -2.18. The van der Waals surface area contributed by atoms with Crippen molar-refractivity contribution >= 4 is 11.8 Å². The first-order valence-electron chi connectivity index (χ1n) is 6.88.